The summed E-state index contributed by atoms with van der Waals surface area (Å²) in [5, 5.41) is 7.87. The van der Waals surface area contributed by atoms with Gasteiger partial charge in [0.1, 0.15) is 0 Å². The largest absolute Gasteiger partial charge is 0.493 e. The van der Waals surface area contributed by atoms with Gasteiger partial charge >= 0.3 is 0 Å². The zero-order valence-electron chi connectivity index (χ0n) is 14.4. The minimum atomic E-state index is 0.180. The molecule has 0 saturated heterocycles. The SMILES string of the molecule is COc1cc(CNC(c2cccs2)c2cccs2)cc(OC)c1OC. The van der Waals surface area contributed by atoms with Gasteiger partial charge in [-0.25, -0.2) is 0 Å². The summed E-state index contributed by atoms with van der Waals surface area (Å²) in [6.45, 7) is 0.692. The second-order valence-corrected chi connectivity index (χ2v) is 7.34. The van der Waals surface area contributed by atoms with Gasteiger partial charge in [-0.15, -0.1) is 22.7 Å². The van der Waals surface area contributed by atoms with Crippen LogP contribution >= 0.6 is 22.7 Å². The van der Waals surface area contributed by atoms with Crippen LogP contribution < -0.4 is 19.5 Å². The number of ether oxygens (including phenoxy) is 3. The fraction of sp³-hybridized carbons (Fsp3) is 0.263. The van der Waals surface area contributed by atoms with Crippen molar-refractivity contribution < 1.29 is 14.2 Å². The molecule has 2 heterocycles. The van der Waals surface area contributed by atoms with Crippen molar-refractivity contribution in [1.29, 1.82) is 0 Å². The number of methoxy groups -OCH3 is 3. The average molecular weight is 376 g/mol. The van der Waals surface area contributed by atoms with Crippen LogP contribution in [0, 0.1) is 0 Å². The predicted molar refractivity (Wildman–Crippen MR) is 103 cm³/mol. The molecule has 0 radical (unpaired) electrons. The Balaban J connectivity index is 1.84. The molecule has 132 valence electrons. The van der Waals surface area contributed by atoms with Crippen molar-refractivity contribution in [2.24, 2.45) is 0 Å². The fourth-order valence-corrected chi connectivity index (χ4v) is 4.42. The highest BCUT2D eigenvalue weighted by molar-refractivity contribution is 7.11. The quantitative estimate of drug-likeness (QED) is 0.619. The van der Waals surface area contributed by atoms with E-state index in [0.717, 1.165) is 5.56 Å². The van der Waals surface area contributed by atoms with Crippen molar-refractivity contribution in [3.8, 4) is 17.2 Å². The molecular formula is C19H21NO3S2. The molecule has 0 fully saturated rings. The minimum Gasteiger partial charge on any atom is -0.493 e. The highest BCUT2D eigenvalue weighted by Crippen LogP contribution is 2.38. The number of benzene rings is 1. The lowest BCUT2D eigenvalue weighted by Gasteiger charge is -2.18. The summed E-state index contributed by atoms with van der Waals surface area (Å²) < 4.78 is 16.3. The molecule has 0 aliphatic carbocycles. The van der Waals surface area contributed by atoms with Gasteiger partial charge in [-0.2, -0.15) is 0 Å². The molecule has 0 spiro atoms. The van der Waals surface area contributed by atoms with Gasteiger partial charge in [-0.3, -0.25) is 0 Å². The first-order valence-electron chi connectivity index (χ1n) is 7.86. The van der Waals surface area contributed by atoms with E-state index in [4.69, 9.17) is 14.2 Å². The average Bonchev–Trinajstić information content (AvgIpc) is 3.35. The third-order valence-corrected chi connectivity index (χ3v) is 5.76. The summed E-state index contributed by atoms with van der Waals surface area (Å²) in [4.78, 5) is 2.60. The highest BCUT2D eigenvalue weighted by atomic mass is 32.1. The minimum absolute atomic E-state index is 0.180. The molecule has 6 heteroatoms. The number of nitrogens with one attached hydrogen (secondary N) is 1. The lowest BCUT2D eigenvalue weighted by Crippen LogP contribution is -2.20. The molecular weight excluding hydrogens is 354 g/mol. The topological polar surface area (TPSA) is 39.7 Å². The zero-order valence-corrected chi connectivity index (χ0v) is 16.1. The zero-order chi connectivity index (χ0) is 17.6. The molecule has 0 atom stereocenters. The standard InChI is InChI=1S/C19H21NO3S2/c1-21-14-10-13(11-15(22-2)19(14)23-3)12-20-18(16-6-4-8-24-16)17-7-5-9-25-17/h4-11,18,20H,12H2,1-3H3. The molecule has 0 bridgehead atoms. The fourth-order valence-electron chi connectivity index (χ4n) is 2.71. The van der Waals surface area contributed by atoms with E-state index in [1.165, 1.54) is 9.75 Å². The first-order valence-corrected chi connectivity index (χ1v) is 9.61. The smallest absolute Gasteiger partial charge is 0.203 e. The molecule has 0 unspecified atom stereocenters. The molecule has 0 aliphatic heterocycles. The molecule has 0 saturated carbocycles. The Morgan fingerprint density at radius 3 is 1.84 bits per heavy atom. The molecule has 1 aromatic carbocycles. The first-order chi connectivity index (χ1) is 12.3. The van der Waals surface area contributed by atoms with E-state index in [0.29, 0.717) is 23.8 Å². The van der Waals surface area contributed by atoms with Crippen LogP contribution in [0.4, 0.5) is 0 Å². The van der Waals surface area contributed by atoms with Gasteiger partial charge < -0.3 is 19.5 Å². The van der Waals surface area contributed by atoms with E-state index < -0.39 is 0 Å². The first kappa shape index (κ1) is 17.8. The second-order valence-electron chi connectivity index (χ2n) is 5.38. The van der Waals surface area contributed by atoms with Gasteiger partial charge in [0.15, 0.2) is 11.5 Å². The van der Waals surface area contributed by atoms with Crippen LogP contribution in [0.2, 0.25) is 0 Å². The maximum atomic E-state index is 5.44. The molecule has 3 aromatic rings. The van der Waals surface area contributed by atoms with E-state index in [1.54, 1.807) is 44.0 Å². The summed E-state index contributed by atoms with van der Waals surface area (Å²) in [5.41, 5.74) is 1.08. The van der Waals surface area contributed by atoms with Crippen LogP contribution in [0.15, 0.2) is 47.2 Å². The van der Waals surface area contributed by atoms with E-state index >= 15 is 0 Å². The van der Waals surface area contributed by atoms with Crippen LogP contribution in [0.25, 0.3) is 0 Å². The lowest BCUT2D eigenvalue weighted by molar-refractivity contribution is 0.323. The molecule has 0 aliphatic rings. The van der Waals surface area contributed by atoms with Crippen molar-refractivity contribution >= 4 is 22.7 Å². The Kier molecular flexibility index (Phi) is 5.96. The van der Waals surface area contributed by atoms with Crippen LogP contribution in [-0.2, 0) is 6.54 Å². The van der Waals surface area contributed by atoms with E-state index in [2.05, 4.69) is 40.3 Å². The van der Waals surface area contributed by atoms with Gasteiger partial charge in [0.2, 0.25) is 5.75 Å². The molecule has 3 rings (SSSR count). The number of hydrogen-bond acceptors (Lipinski definition) is 6. The van der Waals surface area contributed by atoms with Gasteiger partial charge in [-0.05, 0) is 40.6 Å². The number of thiophene rings is 2. The van der Waals surface area contributed by atoms with Crippen LogP contribution in [0.1, 0.15) is 21.4 Å². The van der Waals surface area contributed by atoms with Crippen molar-refractivity contribution in [3.05, 3.63) is 62.5 Å². The monoisotopic (exact) mass is 375 g/mol. The Morgan fingerprint density at radius 2 is 1.44 bits per heavy atom. The molecule has 25 heavy (non-hydrogen) atoms. The Hall–Kier alpha value is -2.02. The Labute approximate surface area is 156 Å². The van der Waals surface area contributed by atoms with Crippen molar-refractivity contribution in [1.82, 2.24) is 5.32 Å². The summed E-state index contributed by atoms with van der Waals surface area (Å²) in [7, 11) is 4.88. The second kappa shape index (κ2) is 8.38. The van der Waals surface area contributed by atoms with Crippen LogP contribution in [0.3, 0.4) is 0 Å². The van der Waals surface area contributed by atoms with Crippen molar-refractivity contribution in [3.63, 3.8) is 0 Å². The Morgan fingerprint density at radius 1 is 0.880 bits per heavy atom. The third-order valence-electron chi connectivity index (χ3n) is 3.89. The van der Waals surface area contributed by atoms with Crippen molar-refractivity contribution in [2.45, 2.75) is 12.6 Å². The highest BCUT2D eigenvalue weighted by Gasteiger charge is 2.17. The normalized spacial score (nSPS) is 10.9. The summed E-state index contributed by atoms with van der Waals surface area (Å²) >= 11 is 3.52. The van der Waals surface area contributed by atoms with Crippen LogP contribution in [-0.4, -0.2) is 21.3 Å². The maximum absolute atomic E-state index is 5.44. The molecule has 2 aromatic heterocycles. The lowest BCUT2D eigenvalue weighted by atomic mass is 10.1. The predicted octanol–water partition coefficient (Wildman–Crippen LogP) is 4.71. The summed E-state index contributed by atoms with van der Waals surface area (Å²) in [6, 6.07) is 12.6. The Bertz CT molecular complexity index is 726. The van der Waals surface area contributed by atoms with E-state index in [9.17, 15) is 0 Å². The summed E-state index contributed by atoms with van der Waals surface area (Å²) in [5.74, 6) is 1.95. The molecule has 1 N–H and O–H groups in total. The van der Waals surface area contributed by atoms with Crippen molar-refractivity contribution in [2.75, 3.05) is 21.3 Å². The maximum Gasteiger partial charge on any atom is 0.203 e. The van der Waals surface area contributed by atoms with E-state index in [1.807, 2.05) is 12.1 Å². The number of hydrogen-bond donors (Lipinski definition) is 1. The summed E-state index contributed by atoms with van der Waals surface area (Å²) in [6.07, 6.45) is 0. The van der Waals surface area contributed by atoms with Gasteiger partial charge in [0.05, 0.1) is 27.4 Å². The molecule has 0 amide bonds. The van der Waals surface area contributed by atoms with Gasteiger partial charge in [-0.1, -0.05) is 12.1 Å². The molecule has 4 nitrogen and oxygen atoms in total. The van der Waals surface area contributed by atoms with E-state index in [-0.39, 0.29) is 6.04 Å². The van der Waals surface area contributed by atoms with Gasteiger partial charge in [0.25, 0.3) is 0 Å². The third kappa shape index (κ3) is 3.98. The van der Waals surface area contributed by atoms with Gasteiger partial charge in [0, 0.05) is 16.3 Å². The van der Waals surface area contributed by atoms with Crippen LogP contribution in [0.5, 0.6) is 17.2 Å². The number of rotatable bonds is 8.